The van der Waals surface area contributed by atoms with Crippen molar-refractivity contribution in [3.63, 3.8) is 0 Å². The summed E-state index contributed by atoms with van der Waals surface area (Å²) in [5.74, 6) is 2.14. The van der Waals surface area contributed by atoms with Crippen molar-refractivity contribution in [2.75, 3.05) is 0 Å². The van der Waals surface area contributed by atoms with Gasteiger partial charge in [-0.05, 0) is 35.4 Å². The molecule has 0 spiro atoms. The molecule has 0 amide bonds. The second-order valence-electron chi connectivity index (χ2n) is 8.66. The third kappa shape index (κ3) is 4.69. The van der Waals surface area contributed by atoms with Crippen LogP contribution < -0.4 is 0 Å². The SMILES string of the molecule is [C-]#[N+]c1cc[c-]c(-c2nnc(-c3ccccc3C)n2-c2c(C(C)C)cccc2C(C)C)c1.[Ir]. The minimum absolute atomic E-state index is 0. The molecule has 0 atom stereocenters. The molecule has 1 aromatic heterocycles. The maximum Gasteiger partial charge on any atom is 0.159 e. The van der Waals surface area contributed by atoms with Gasteiger partial charge in [0.25, 0.3) is 0 Å². The van der Waals surface area contributed by atoms with Crippen LogP contribution in [0.2, 0.25) is 0 Å². The van der Waals surface area contributed by atoms with E-state index >= 15 is 0 Å². The molecular weight excluding hydrogens is 585 g/mol. The first kappa shape index (κ1) is 24.6. The molecular formula is C28H27IrN4-. The molecule has 4 nitrogen and oxygen atoms in total. The van der Waals surface area contributed by atoms with Crippen molar-refractivity contribution < 1.29 is 20.1 Å². The van der Waals surface area contributed by atoms with Gasteiger partial charge in [0.05, 0.1) is 12.4 Å². The molecule has 0 aliphatic rings. The van der Waals surface area contributed by atoms with E-state index in [0.717, 1.165) is 28.2 Å². The van der Waals surface area contributed by atoms with Crippen LogP contribution in [0.15, 0.2) is 60.7 Å². The molecule has 0 saturated carbocycles. The van der Waals surface area contributed by atoms with Crippen LogP contribution in [0.4, 0.5) is 5.69 Å². The summed E-state index contributed by atoms with van der Waals surface area (Å²) in [6, 6.07) is 23.4. The van der Waals surface area contributed by atoms with Crippen LogP contribution >= 0.6 is 0 Å². The summed E-state index contributed by atoms with van der Waals surface area (Å²) < 4.78 is 2.17. The average molecular weight is 612 g/mol. The van der Waals surface area contributed by atoms with E-state index in [9.17, 15) is 0 Å². The molecule has 0 fully saturated rings. The molecule has 3 aromatic carbocycles. The molecule has 0 aliphatic heterocycles. The summed E-state index contributed by atoms with van der Waals surface area (Å²) in [5, 5.41) is 9.31. The molecule has 0 aliphatic carbocycles. The van der Waals surface area contributed by atoms with Crippen LogP contribution in [0.3, 0.4) is 0 Å². The first-order chi connectivity index (χ1) is 15.4. The van der Waals surface area contributed by atoms with E-state index in [0.29, 0.717) is 23.3 Å². The zero-order chi connectivity index (χ0) is 22.8. The Morgan fingerprint density at radius 3 is 2.12 bits per heavy atom. The van der Waals surface area contributed by atoms with E-state index < -0.39 is 0 Å². The molecule has 4 rings (SSSR count). The number of rotatable bonds is 5. The Labute approximate surface area is 209 Å². The van der Waals surface area contributed by atoms with E-state index in [1.165, 1.54) is 11.1 Å². The smallest absolute Gasteiger partial charge is 0.159 e. The molecule has 0 bridgehead atoms. The van der Waals surface area contributed by atoms with Crippen LogP contribution in [0.25, 0.3) is 33.3 Å². The maximum absolute atomic E-state index is 7.44. The number of nitrogens with zero attached hydrogens (tertiary/aromatic N) is 4. The minimum atomic E-state index is 0. The molecule has 5 heteroatoms. The Kier molecular flexibility index (Phi) is 7.64. The van der Waals surface area contributed by atoms with E-state index in [4.69, 9.17) is 6.57 Å². The minimum Gasteiger partial charge on any atom is -0.316 e. The number of hydrogen-bond donors (Lipinski definition) is 0. The van der Waals surface area contributed by atoms with Crippen LogP contribution in [0.1, 0.15) is 56.2 Å². The van der Waals surface area contributed by atoms with Gasteiger partial charge in [0.1, 0.15) is 5.69 Å². The normalized spacial score (nSPS) is 10.8. The van der Waals surface area contributed by atoms with Gasteiger partial charge in [0, 0.05) is 31.4 Å². The Bertz CT molecular complexity index is 1290. The van der Waals surface area contributed by atoms with Gasteiger partial charge in [-0.15, -0.1) is 28.9 Å². The predicted octanol–water partition coefficient (Wildman–Crippen LogP) is 7.51. The number of para-hydroxylation sites is 1. The molecule has 33 heavy (non-hydrogen) atoms. The van der Waals surface area contributed by atoms with Crippen molar-refractivity contribution in [3.05, 3.63) is 94.8 Å². The van der Waals surface area contributed by atoms with E-state index in [-0.39, 0.29) is 20.1 Å². The maximum atomic E-state index is 7.44. The molecule has 1 radical (unpaired) electrons. The summed E-state index contributed by atoms with van der Waals surface area (Å²) >= 11 is 0. The van der Waals surface area contributed by atoms with Crippen molar-refractivity contribution in [1.29, 1.82) is 0 Å². The zero-order valence-electron chi connectivity index (χ0n) is 19.6. The van der Waals surface area contributed by atoms with Gasteiger partial charge in [0.15, 0.2) is 5.82 Å². The van der Waals surface area contributed by atoms with Gasteiger partial charge in [0.2, 0.25) is 0 Å². The van der Waals surface area contributed by atoms with Crippen LogP contribution in [0, 0.1) is 19.6 Å². The zero-order valence-corrected chi connectivity index (χ0v) is 21.9. The van der Waals surface area contributed by atoms with Crippen molar-refractivity contribution in [3.8, 4) is 28.5 Å². The van der Waals surface area contributed by atoms with Crippen molar-refractivity contribution in [2.24, 2.45) is 0 Å². The topological polar surface area (TPSA) is 35.1 Å². The van der Waals surface area contributed by atoms with E-state index in [2.05, 4.69) is 90.6 Å². The number of hydrogen-bond acceptors (Lipinski definition) is 2. The van der Waals surface area contributed by atoms with Crippen LogP contribution in [0.5, 0.6) is 0 Å². The Morgan fingerprint density at radius 2 is 1.52 bits per heavy atom. The average Bonchev–Trinajstić information content (AvgIpc) is 3.23. The van der Waals surface area contributed by atoms with E-state index in [1.807, 2.05) is 18.2 Å². The Balaban J connectivity index is 0.00000306. The van der Waals surface area contributed by atoms with Gasteiger partial charge in [-0.25, -0.2) is 0 Å². The first-order valence-corrected chi connectivity index (χ1v) is 11.0. The summed E-state index contributed by atoms with van der Waals surface area (Å²) in [7, 11) is 0. The number of aryl methyl sites for hydroxylation is 1. The van der Waals surface area contributed by atoms with Crippen LogP contribution in [-0.4, -0.2) is 14.8 Å². The van der Waals surface area contributed by atoms with Crippen molar-refractivity contribution in [2.45, 2.75) is 46.5 Å². The summed E-state index contributed by atoms with van der Waals surface area (Å²) in [5.41, 5.74) is 7.12. The summed E-state index contributed by atoms with van der Waals surface area (Å²) in [4.78, 5) is 3.60. The molecule has 4 aromatic rings. The quantitative estimate of drug-likeness (QED) is 0.219. The van der Waals surface area contributed by atoms with E-state index in [1.54, 1.807) is 12.1 Å². The fourth-order valence-corrected chi connectivity index (χ4v) is 4.09. The van der Waals surface area contributed by atoms with Gasteiger partial charge in [-0.2, -0.15) is 11.2 Å². The summed E-state index contributed by atoms with van der Waals surface area (Å²) in [6.07, 6.45) is 0. The van der Waals surface area contributed by atoms with Gasteiger partial charge in [-0.3, -0.25) is 4.85 Å². The standard InChI is InChI=1S/C28H27N4.Ir/c1-18(2)23-15-10-16-24(19(3)4)26(23)32-27(21-12-9-13-22(17-21)29-6)30-31-28(32)25-14-8-7-11-20(25)5;/h7-11,13-19H,1-5H3;/q-1;. The summed E-state index contributed by atoms with van der Waals surface area (Å²) in [6.45, 7) is 18.4. The fraction of sp³-hybridized carbons (Fsp3) is 0.250. The van der Waals surface area contributed by atoms with Crippen LogP contribution in [-0.2, 0) is 20.1 Å². The molecule has 0 unspecified atom stereocenters. The van der Waals surface area contributed by atoms with Gasteiger partial charge >= 0.3 is 0 Å². The second-order valence-corrected chi connectivity index (χ2v) is 8.66. The van der Waals surface area contributed by atoms with Gasteiger partial charge < -0.3 is 4.57 Å². The first-order valence-electron chi connectivity index (χ1n) is 11.0. The van der Waals surface area contributed by atoms with Crippen molar-refractivity contribution in [1.82, 2.24) is 14.8 Å². The number of benzene rings is 3. The second kappa shape index (κ2) is 10.3. The fourth-order valence-electron chi connectivity index (χ4n) is 4.09. The molecule has 0 saturated heterocycles. The number of aromatic nitrogens is 3. The Morgan fingerprint density at radius 1 is 0.879 bits per heavy atom. The molecule has 169 valence electrons. The van der Waals surface area contributed by atoms with Crippen molar-refractivity contribution >= 4 is 5.69 Å². The largest absolute Gasteiger partial charge is 0.316 e. The monoisotopic (exact) mass is 612 g/mol. The third-order valence-corrected chi connectivity index (χ3v) is 5.77. The third-order valence-electron chi connectivity index (χ3n) is 5.77. The van der Waals surface area contributed by atoms with Gasteiger partial charge in [-0.1, -0.05) is 70.2 Å². The Hall–Kier alpha value is -3.06. The predicted molar refractivity (Wildman–Crippen MR) is 130 cm³/mol. The molecule has 0 N–H and O–H groups in total. The molecule has 1 heterocycles.